The maximum absolute atomic E-state index is 13.4. The molecule has 0 aromatic heterocycles. The second-order valence-electron chi connectivity index (χ2n) is 17.9. The average molecular weight is 831 g/mol. The molecule has 6 heteroatoms. The maximum Gasteiger partial charge on any atom is 0.164 e. The zero-order chi connectivity index (χ0) is 43.3. The Morgan fingerprint density at radius 2 is 0.695 bits per heavy atom. The Bertz CT molecular complexity index is 947. The Labute approximate surface area is 365 Å². The van der Waals surface area contributed by atoms with Crippen LogP contribution in [0.1, 0.15) is 271 Å². The normalized spacial score (nSPS) is 13.0. The van der Waals surface area contributed by atoms with Gasteiger partial charge in [-0.1, -0.05) is 218 Å². The maximum atomic E-state index is 13.4. The molecule has 0 aliphatic rings. The molecule has 2 unspecified atom stereocenters. The van der Waals surface area contributed by atoms with E-state index in [1.807, 2.05) is 0 Å². The molecule has 0 saturated carbocycles. The molecule has 0 aliphatic heterocycles. The summed E-state index contributed by atoms with van der Waals surface area (Å²) in [5.41, 5.74) is 0. The summed E-state index contributed by atoms with van der Waals surface area (Å²) in [5.74, 6) is -0.377. The summed E-state index contributed by atoms with van der Waals surface area (Å²) in [6.07, 6.45) is 51.5. The number of carbonyl (C=O) groups is 3. The van der Waals surface area contributed by atoms with Gasteiger partial charge in [0.25, 0.3) is 0 Å². The summed E-state index contributed by atoms with van der Waals surface area (Å²) in [5, 5.41) is 27.8. The van der Waals surface area contributed by atoms with Crippen LogP contribution < -0.4 is 0 Å². The van der Waals surface area contributed by atoms with Crippen LogP contribution in [-0.2, 0) is 14.4 Å². The number of rotatable bonds is 48. The smallest absolute Gasteiger partial charge is 0.164 e. The van der Waals surface area contributed by atoms with Gasteiger partial charge in [-0.3, -0.25) is 14.4 Å². The Morgan fingerprint density at radius 3 is 1.05 bits per heavy atom. The van der Waals surface area contributed by atoms with Crippen LogP contribution in [0, 0.1) is 5.92 Å². The Morgan fingerprint density at radius 1 is 0.390 bits per heavy atom. The molecule has 6 nitrogen and oxygen atoms in total. The molecule has 0 fully saturated rings. The van der Waals surface area contributed by atoms with Crippen LogP contribution in [0.15, 0.2) is 24.3 Å². The number of carbonyl (C=O) groups excluding carboxylic acids is 3. The number of aliphatic hydroxyl groups is 3. The van der Waals surface area contributed by atoms with Crippen molar-refractivity contribution in [1.82, 2.24) is 0 Å². The van der Waals surface area contributed by atoms with E-state index in [9.17, 15) is 24.6 Å². The van der Waals surface area contributed by atoms with Crippen molar-refractivity contribution in [2.24, 2.45) is 5.92 Å². The minimum atomic E-state index is -1.48. The lowest BCUT2D eigenvalue weighted by molar-refractivity contribution is -0.135. The third-order valence-corrected chi connectivity index (χ3v) is 12.2. The van der Waals surface area contributed by atoms with Gasteiger partial charge < -0.3 is 15.3 Å². The molecule has 0 heterocycles. The third-order valence-electron chi connectivity index (χ3n) is 12.2. The second-order valence-corrected chi connectivity index (χ2v) is 17.9. The minimum Gasteiger partial charge on any atom is -0.394 e. The average Bonchev–Trinajstić information content (AvgIpc) is 3.24. The predicted molar refractivity (Wildman–Crippen MR) is 252 cm³/mol. The van der Waals surface area contributed by atoms with Crippen molar-refractivity contribution in [3.8, 4) is 0 Å². The summed E-state index contributed by atoms with van der Waals surface area (Å²) in [7, 11) is 0. The van der Waals surface area contributed by atoms with Crippen molar-refractivity contribution in [1.29, 1.82) is 0 Å². The summed E-state index contributed by atoms with van der Waals surface area (Å²) in [6.45, 7) is 3.94. The standard InChI is InChI=1S/C53H98O6/c1-3-5-7-9-11-13-15-19-24-28-32-36-40-44-49(55)48(50(56)45-41-37-33-29-25-20-16-14-12-10-8-6-4-2)43-39-35-31-27-23-21-17-18-22-26-30-34-38-42-46-51(57)53(59)52(58)47-54/h17-18,23,27,48,52-54,58-59H,3-16,19-22,24-26,28-47H2,1-2H3/b18-17-,27-23-. The zero-order valence-corrected chi connectivity index (χ0v) is 39.1. The first kappa shape index (κ1) is 57.4. The molecule has 2 atom stereocenters. The van der Waals surface area contributed by atoms with Gasteiger partial charge in [-0.2, -0.15) is 0 Å². The van der Waals surface area contributed by atoms with E-state index in [0.29, 0.717) is 25.7 Å². The first-order chi connectivity index (χ1) is 28.9. The number of allylic oxidation sites excluding steroid dienone is 4. The zero-order valence-electron chi connectivity index (χ0n) is 39.1. The molecule has 0 bridgehead atoms. The van der Waals surface area contributed by atoms with Gasteiger partial charge in [-0.05, 0) is 57.8 Å². The van der Waals surface area contributed by atoms with Gasteiger partial charge in [-0.15, -0.1) is 0 Å². The topological polar surface area (TPSA) is 112 Å². The molecule has 346 valence electrons. The molecular weight excluding hydrogens is 733 g/mol. The fraction of sp³-hybridized carbons (Fsp3) is 0.868. The molecule has 0 aromatic rings. The van der Waals surface area contributed by atoms with Crippen molar-refractivity contribution in [3.63, 3.8) is 0 Å². The van der Waals surface area contributed by atoms with Gasteiger partial charge in [0, 0.05) is 19.3 Å². The lowest BCUT2D eigenvalue weighted by Gasteiger charge is -2.15. The number of hydrogen-bond acceptors (Lipinski definition) is 6. The number of aliphatic hydroxyl groups excluding tert-OH is 3. The van der Waals surface area contributed by atoms with E-state index in [0.717, 1.165) is 83.5 Å². The van der Waals surface area contributed by atoms with Crippen LogP contribution in [0.2, 0.25) is 0 Å². The van der Waals surface area contributed by atoms with Gasteiger partial charge in [0.05, 0.1) is 12.5 Å². The molecule has 0 amide bonds. The molecule has 3 N–H and O–H groups in total. The highest BCUT2D eigenvalue weighted by Gasteiger charge is 2.25. The summed E-state index contributed by atoms with van der Waals surface area (Å²) < 4.78 is 0. The molecule has 59 heavy (non-hydrogen) atoms. The van der Waals surface area contributed by atoms with Gasteiger partial charge in [-0.25, -0.2) is 0 Å². The molecule has 0 spiro atoms. The third kappa shape index (κ3) is 39.0. The van der Waals surface area contributed by atoms with Gasteiger partial charge in [0.15, 0.2) is 5.78 Å². The molecular formula is C53H98O6. The van der Waals surface area contributed by atoms with Crippen molar-refractivity contribution >= 4 is 17.3 Å². The van der Waals surface area contributed by atoms with E-state index in [-0.39, 0.29) is 18.0 Å². The van der Waals surface area contributed by atoms with E-state index in [2.05, 4.69) is 38.2 Å². The van der Waals surface area contributed by atoms with Crippen LogP contribution in [0.5, 0.6) is 0 Å². The fourth-order valence-electron chi connectivity index (χ4n) is 8.16. The summed E-state index contributed by atoms with van der Waals surface area (Å²) in [6, 6.07) is 0. The van der Waals surface area contributed by atoms with E-state index >= 15 is 0 Å². The van der Waals surface area contributed by atoms with Gasteiger partial charge in [0.1, 0.15) is 23.8 Å². The minimum absolute atomic E-state index is 0.207. The number of ketones is 3. The van der Waals surface area contributed by atoms with E-state index < -0.39 is 30.5 Å². The fourth-order valence-corrected chi connectivity index (χ4v) is 8.16. The number of hydrogen-bond donors (Lipinski definition) is 3. The highest BCUT2D eigenvalue weighted by molar-refractivity contribution is 6.02. The van der Waals surface area contributed by atoms with Crippen LogP contribution >= 0.6 is 0 Å². The first-order valence-electron chi connectivity index (χ1n) is 25.7. The monoisotopic (exact) mass is 831 g/mol. The molecule has 0 aliphatic carbocycles. The highest BCUT2D eigenvalue weighted by atomic mass is 16.4. The second kappa shape index (κ2) is 45.9. The Balaban J connectivity index is 4.35. The van der Waals surface area contributed by atoms with Crippen molar-refractivity contribution < 1.29 is 29.7 Å². The first-order valence-corrected chi connectivity index (χ1v) is 25.7. The summed E-state index contributed by atoms with van der Waals surface area (Å²) in [4.78, 5) is 38.6. The predicted octanol–water partition coefficient (Wildman–Crippen LogP) is 14.8. The Hall–Kier alpha value is -1.63. The molecule has 0 aromatic carbocycles. The molecule has 0 rings (SSSR count). The van der Waals surface area contributed by atoms with Crippen LogP contribution in [-0.4, -0.2) is 51.5 Å². The number of unbranched alkanes of at least 4 members (excludes halogenated alkanes) is 31. The lowest BCUT2D eigenvalue weighted by Crippen LogP contribution is -2.36. The largest absolute Gasteiger partial charge is 0.394 e. The van der Waals surface area contributed by atoms with Crippen LogP contribution in [0.4, 0.5) is 0 Å². The Kier molecular flexibility index (Phi) is 44.6. The SMILES string of the molecule is CCCCCCCCCCCCCCCC(=O)C(CCCC/C=C\C/C=C\CCCCCCCC(=O)C(O)C(O)CO)C(=O)CCCCCCCCCCCCCCC. The van der Waals surface area contributed by atoms with Crippen molar-refractivity contribution in [2.45, 2.75) is 283 Å². The quantitative estimate of drug-likeness (QED) is 0.0320. The van der Waals surface area contributed by atoms with Crippen LogP contribution in [0.25, 0.3) is 0 Å². The van der Waals surface area contributed by atoms with E-state index in [4.69, 9.17) is 5.11 Å². The van der Waals surface area contributed by atoms with Gasteiger partial charge >= 0.3 is 0 Å². The number of Topliss-reactive ketones (excluding diaryl/α,β-unsaturated/α-hetero) is 3. The highest BCUT2D eigenvalue weighted by Crippen LogP contribution is 2.21. The lowest BCUT2D eigenvalue weighted by atomic mass is 9.87. The van der Waals surface area contributed by atoms with E-state index in [1.54, 1.807) is 0 Å². The van der Waals surface area contributed by atoms with E-state index in [1.165, 1.54) is 141 Å². The molecule has 0 radical (unpaired) electrons. The summed E-state index contributed by atoms with van der Waals surface area (Å²) >= 11 is 0. The molecule has 0 saturated heterocycles. The van der Waals surface area contributed by atoms with Crippen molar-refractivity contribution in [3.05, 3.63) is 24.3 Å². The van der Waals surface area contributed by atoms with Crippen molar-refractivity contribution in [2.75, 3.05) is 6.61 Å². The van der Waals surface area contributed by atoms with Gasteiger partial charge in [0.2, 0.25) is 0 Å². The van der Waals surface area contributed by atoms with Crippen LogP contribution in [0.3, 0.4) is 0 Å².